The van der Waals surface area contributed by atoms with E-state index in [4.69, 9.17) is 4.74 Å². The molecule has 0 spiro atoms. The quantitative estimate of drug-likeness (QED) is 0.922. The number of rotatable bonds is 2. The topological polar surface area (TPSA) is 33.6 Å². The van der Waals surface area contributed by atoms with Crippen LogP contribution in [-0.4, -0.2) is 12.8 Å². The summed E-state index contributed by atoms with van der Waals surface area (Å²) < 4.78 is 6.33. The Bertz CT molecular complexity index is 635. The van der Waals surface area contributed by atoms with Crippen molar-refractivity contribution in [1.82, 2.24) is 5.43 Å². The number of nitrogens with one attached hydrogen (secondary N) is 1. The molecule has 2 aromatic carbocycles. The van der Waals surface area contributed by atoms with Crippen molar-refractivity contribution in [2.24, 2.45) is 5.10 Å². The number of halogens is 1. The van der Waals surface area contributed by atoms with Crippen LogP contribution in [0.2, 0.25) is 0 Å². The highest BCUT2D eigenvalue weighted by atomic mass is 79.9. The molecule has 0 amide bonds. The van der Waals surface area contributed by atoms with Crippen LogP contribution in [0.15, 0.2) is 52.0 Å². The van der Waals surface area contributed by atoms with Gasteiger partial charge in [-0.1, -0.05) is 28.1 Å². The smallest absolute Gasteiger partial charge is 0.119 e. The van der Waals surface area contributed by atoms with Crippen LogP contribution in [0, 0.1) is 0 Å². The van der Waals surface area contributed by atoms with Gasteiger partial charge in [-0.05, 0) is 35.9 Å². The van der Waals surface area contributed by atoms with Gasteiger partial charge in [-0.3, -0.25) is 0 Å². The Morgan fingerprint density at radius 2 is 1.95 bits per heavy atom. The second-order valence-electron chi connectivity index (χ2n) is 4.33. The van der Waals surface area contributed by atoms with Gasteiger partial charge in [0.25, 0.3) is 0 Å². The molecule has 0 aromatic heterocycles. The molecular formula is C15H13BrN2O. The lowest BCUT2D eigenvalue weighted by atomic mass is 9.96. The summed E-state index contributed by atoms with van der Waals surface area (Å²) in [6.45, 7) is 0.729. The fourth-order valence-electron chi connectivity index (χ4n) is 2.17. The number of hydrogen-bond donors (Lipinski definition) is 1. The van der Waals surface area contributed by atoms with E-state index >= 15 is 0 Å². The van der Waals surface area contributed by atoms with E-state index in [9.17, 15) is 0 Å². The summed E-state index contributed by atoms with van der Waals surface area (Å²) in [7, 11) is 1.68. The van der Waals surface area contributed by atoms with E-state index in [1.165, 1.54) is 5.56 Å². The van der Waals surface area contributed by atoms with Crippen molar-refractivity contribution in [2.75, 3.05) is 7.11 Å². The SMILES string of the molecule is COc1ccc2c(c1)CNN=C2c1ccc(Br)cc1. The van der Waals surface area contributed by atoms with Gasteiger partial charge in [0, 0.05) is 15.6 Å². The third-order valence-electron chi connectivity index (χ3n) is 3.15. The Labute approximate surface area is 120 Å². The van der Waals surface area contributed by atoms with E-state index in [1.807, 2.05) is 18.2 Å². The second kappa shape index (κ2) is 5.05. The lowest BCUT2D eigenvalue weighted by Crippen LogP contribution is -2.21. The van der Waals surface area contributed by atoms with Gasteiger partial charge in [0.15, 0.2) is 0 Å². The van der Waals surface area contributed by atoms with E-state index in [-0.39, 0.29) is 0 Å². The van der Waals surface area contributed by atoms with Crippen molar-refractivity contribution >= 4 is 21.6 Å². The highest BCUT2D eigenvalue weighted by molar-refractivity contribution is 9.10. The van der Waals surface area contributed by atoms with E-state index in [0.29, 0.717) is 0 Å². The number of methoxy groups -OCH3 is 1. The third kappa shape index (κ3) is 2.36. The number of hydrogen-bond acceptors (Lipinski definition) is 3. The van der Waals surface area contributed by atoms with Gasteiger partial charge in [-0.2, -0.15) is 5.10 Å². The fraction of sp³-hybridized carbons (Fsp3) is 0.133. The van der Waals surface area contributed by atoms with Gasteiger partial charge in [0.1, 0.15) is 5.75 Å². The molecule has 1 aliphatic rings. The van der Waals surface area contributed by atoms with Crippen LogP contribution in [0.5, 0.6) is 5.75 Å². The van der Waals surface area contributed by atoms with E-state index in [1.54, 1.807) is 7.11 Å². The molecule has 0 atom stereocenters. The lowest BCUT2D eigenvalue weighted by Gasteiger charge is -2.18. The van der Waals surface area contributed by atoms with Gasteiger partial charge < -0.3 is 10.2 Å². The molecule has 0 radical (unpaired) electrons. The van der Waals surface area contributed by atoms with Crippen LogP contribution in [-0.2, 0) is 6.54 Å². The minimum Gasteiger partial charge on any atom is -0.497 e. The first kappa shape index (κ1) is 12.2. The summed E-state index contributed by atoms with van der Waals surface area (Å²) in [5.41, 5.74) is 7.50. The maximum atomic E-state index is 5.26. The average Bonchev–Trinajstić information content (AvgIpc) is 2.47. The molecule has 1 aliphatic heterocycles. The molecule has 96 valence electrons. The first-order valence-corrected chi connectivity index (χ1v) is 6.81. The number of fused-ring (bicyclic) bond motifs is 1. The van der Waals surface area contributed by atoms with Gasteiger partial charge >= 0.3 is 0 Å². The van der Waals surface area contributed by atoms with Crippen LogP contribution in [0.4, 0.5) is 0 Å². The molecule has 1 heterocycles. The zero-order valence-corrected chi connectivity index (χ0v) is 12.1. The minimum absolute atomic E-state index is 0.729. The largest absolute Gasteiger partial charge is 0.497 e. The predicted octanol–water partition coefficient (Wildman–Crippen LogP) is 3.31. The summed E-state index contributed by atoms with van der Waals surface area (Å²) in [5.74, 6) is 0.873. The van der Waals surface area contributed by atoms with E-state index < -0.39 is 0 Å². The maximum Gasteiger partial charge on any atom is 0.119 e. The first-order chi connectivity index (χ1) is 9.28. The molecule has 0 aliphatic carbocycles. The van der Waals surface area contributed by atoms with Crippen molar-refractivity contribution in [1.29, 1.82) is 0 Å². The van der Waals surface area contributed by atoms with Crippen molar-refractivity contribution in [3.63, 3.8) is 0 Å². The Hall–Kier alpha value is -1.81. The predicted molar refractivity (Wildman–Crippen MR) is 79.6 cm³/mol. The van der Waals surface area contributed by atoms with Crippen LogP contribution in [0.3, 0.4) is 0 Å². The molecule has 0 bridgehead atoms. The molecule has 0 saturated carbocycles. The zero-order chi connectivity index (χ0) is 13.2. The Balaban J connectivity index is 2.05. The highest BCUT2D eigenvalue weighted by Gasteiger charge is 2.16. The van der Waals surface area contributed by atoms with E-state index in [0.717, 1.165) is 33.6 Å². The van der Waals surface area contributed by atoms with Gasteiger partial charge in [-0.25, -0.2) is 0 Å². The van der Waals surface area contributed by atoms with Crippen LogP contribution >= 0.6 is 15.9 Å². The molecule has 0 unspecified atom stereocenters. The van der Waals surface area contributed by atoms with Crippen LogP contribution < -0.4 is 10.2 Å². The van der Waals surface area contributed by atoms with Gasteiger partial charge in [0.2, 0.25) is 0 Å². The molecular weight excluding hydrogens is 304 g/mol. The Kier molecular flexibility index (Phi) is 3.25. The molecule has 0 saturated heterocycles. The second-order valence-corrected chi connectivity index (χ2v) is 5.24. The zero-order valence-electron chi connectivity index (χ0n) is 10.5. The molecule has 3 rings (SSSR count). The van der Waals surface area contributed by atoms with Crippen molar-refractivity contribution in [3.8, 4) is 5.75 Å². The van der Waals surface area contributed by atoms with Crippen molar-refractivity contribution in [2.45, 2.75) is 6.54 Å². The summed E-state index contributed by atoms with van der Waals surface area (Å²) >= 11 is 3.45. The maximum absolute atomic E-state index is 5.26. The minimum atomic E-state index is 0.729. The molecule has 2 aromatic rings. The Morgan fingerprint density at radius 3 is 2.68 bits per heavy atom. The number of nitrogens with zero attached hydrogens (tertiary/aromatic N) is 1. The molecule has 19 heavy (non-hydrogen) atoms. The van der Waals surface area contributed by atoms with Crippen molar-refractivity contribution < 1.29 is 4.74 Å². The fourth-order valence-corrected chi connectivity index (χ4v) is 2.43. The van der Waals surface area contributed by atoms with Crippen molar-refractivity contribution in [3.05, 3.63) is 63.6 Å². The summed E-state index contributed by atoms with van der Waals surface area (Å²) in [5, 5.41) is 4.44. The van der Waals surface area contributed by atoms with Crippen LogP contribution in [0.1, 0.15) is 16.7 Å². The lowest BCUT2D eigenvalue weighted by molar-refractivity contribution is 0.414. The summed E-state index contributed by atoms with van der Waals surface area (Å²) in [6, 6.07) is 14.3. The summed E-state index contributed by atoms with van der Waals surface area (Å²) in [6.07, 6.45) is 0. The standard InChI is InChI=1S/C15H13BrN2O/c1-19-13-6-7-14-11(8-13)9-17-18-15(14)10-2-4-12(16)5-3-10/h2-8,17H,9H2,1H3. The summed E-state index contributed by atoms with van der Waals surface area (Å²) in [4.78, 5) is 0. The number of hydrazone groups is 1. The average molecular weight is 317 g/mol. The van der Waals surface area contributed by atoms with Gasteiger partial charge in [-0.15, -0.1) is 0 Å². The molecule has 4 heteroatoms. The first-order valence-electron chi connectivity index (χ1n) is 6.02. The normalized spacial score (nSPS) is 13.3. The molecule has 1 N–H and O–H groups in total. The number of benzene rings is 2. The van der Waals surface area contributed by atoms with Gasteiger partial charge in [0.05, 0.1) is 19.4 Å². The van der Waals surface area contributed by atoms with E-state index in [2.05, 4.69) is 50.7 Å². The highest BCUT2D eigenvalue weighted by Crippen LogP contribution is 2.24. The third-order valence-corrected chi connectivity index (χ3v) is 3.67. The monoisotopic (exact) mass is 316 g/mol. The molecule has 0 fully saturated rings. The molecule has 3 nitrogen and oxygen atoms in total. The number of ether oxygens (including phenoxy) is 1. The van der Waals surface area contributed by atoms with Crippen LogP contribution in [0.25, 0.3) is 0 Å². The Morgan fingerprint density at radius 1 is 1.16 bits per heavy atom.